The third-order valence-electron chi connectivity index (χ3n) is 5.77. The Balaban J connectivity index is 1.39. The van der Waals surface area contributed by atoms with E-state index in [4.69, 9.17) is 4.98 Å². The fourth-order valence-electron chi connectivity index (χ4n) is 3.76. The van der Waals surface area contributed by atoms with E-state index in [0.29, 0.717) is 0 Å². The van der Waals surface area contributed by atoms with E-state index in [2.05, 4.69) is 69.4 Å². The minimum Gasteiger partial charge on any atom is -0.370 e. The van der Waals surface area contributed by atoms with E-state index >= 15 is 0 Å². The number of rotatable bonds is 8. The molecule has 0 aliphatic carbocycles. The van der Waals surface area contributed by atoms with Crippen LogP contribution >= 0.6 is 0 Å². The quantitative estimate of drug-likeness (QED) is 0.558. The number of hydrogen-bond acceptors (Lipinski definition) is 6. The molecule has 0 radical (unpaired) electrons. The molecule has 162 valence electrons. The molecule has 1 aromatic carbocycles. The van der Waals surface area contributed by atoms with Gasteiger partial charge in [0.25, 0.3) is 0 Å². The monoisotopic (exact) mass is 416 g/mol. The second-order valence-electron chi connectivity index (χ2n) is 8.20. The summed E-state index contributed by atoms with van der Waals surface area (Å²) in [4.78, 5) is 18.6. The van der Waals surface area contributed by atoms with Crippen LogP contribution in [-0.4, -0.2) is 59.6 Å². The van der Waals surface area contributed by atoms with Gasteiger partial charge in [0.1, 0.15) is 11.6 Å². The molecule has 4 rings (SSSR count). The molecule has 0 unspecified atom stereocenters. The maximum absolute atomic E-state index is 4.78. The van der Waals surface area contributed by atoms with Crippen LogP contribution in [0.3, 0.4) is 0 Å². The molecule has 2 aromatic heterocycles. The van der Waals surface area contributed by atoms with Crippen molar-refractivity contribution >= 4 is 11.5 Å². The summed E-state index contributed by atoms with van der Waals surface area (Å²) in [7, 11) is 2.18. The van der Waals surface area contributed by atoms with Gasteiger partial charge in [-0.25, -0.2) is 15.0 Å². The summed E-state index contributed by atoms with van der Waals surface area (Å²) in [6.07, 6.45) is 6.76. The molecule has 31 heavy (non-hydrogen) atoms. The lowest BCUT2D eigenvalue weighted by molar-refractivity contribution is 0.313. The number of benzene rings is 1. The Morgan fingerprint density at radius 2 is 1.74 bits per heavy atom. The van der Waals surface area contributed by atoms with Crippen molar-refractivity contribution in [2.24, 2.45) is 0 Å². The summed E-state index contributed by atoms with van der Waals surface area (Å²) in [6.45, 7) is 7.55. The van der Waals surface area contributed by atoms with Crippen molar-refractivity contribution in [2.45, 2.75) is 26.2 Å². The maximum Gasteiger partial charge on any atom is 0.133 e. The highest BCUT2D eigenvalue weighted by molar-refractivity contribution is 5.59. The third kappa shape index (κ3) is 5.79. The zero-order chi connectivity index (χ0) is 21.5. The van der Waals surface area contributed by atoms with Gasteiger partial charge >= 0.3 is 0 Å². The highest BCUT2D eigenvalue weighted by atomic mass is 15.2. The maximum atomic E-state index is 4.78. The van der Waals surface area contributed by atoms with Crippen LogP contribution in [0.4, 0.5) is 11.5 Å². The Morgan fingerprint density at radius 3 is 2.45 bits per heavy atom. The van der Waals surface area contributed by atoms with Gasteiger partial charge in [-0.15, -0.1) is 0 Å². The van der Waals surface area contributed by atoms with Crippen molar-refractivity contribution in [1.29, 1.82) is 0 Å². The molecule has 1 saturated heterocycles. The van der Waals surface area contributed by atoms with Crippen LogP contribution in [0.5, 0.6) is 0 Å². The topological polar surface area (TPSA) is 57.2 Å². The molecule has 0 atom stereocenters. The lowest BCUT2D eigenvalue weighted by Crippen LogP contribution is -2.44. The predicted octanol–water partition coefficient (Wildman–Crippen LogP) is 4.09. The van der Waals surface area contributed by atoms with Gasteiger partial charge < -0.3 is 15.1 Å². The Kier molecular flexibility index (Phi) is 7.10. The summed E-state index contributed by atoms with van der Waals surface area (Å²) >= 11 is 0. The largest absolute Gasteiger partial charge is 0.370 e. The summed E-state index contributed by atoms with van der Waals surface area (Å²) in [6, 6.07) is 14.9. The first-order valence-electron chi connectivity index (χ1n) is 11.3. The number of unbranched alkanes of at least 4 members (excludes halogenated alkanes) is 1. The highest BCUT2D eigenvalue weighted by Gasteiger charge is 2.14. The van der Waals surface area contributed by atoms with Crippen LogP contribution < -0.4 is 10.2 Å². The molecule has 0 amide bonds. The number of nitrogens with zero attached hydrogens (tertiary/aromatic N) is 5. The SMILES string of the molecule is CCCCNc1ccc(-c2ccnc(Cc3ccc(N4CCN(C)CC4)cc3)n2)cn1. The lowest BCUT2D eigenvalue weighted by Gasteiger charge is -2.34. The first-order valence-corrected chi connectivity index (χ1v) is 11.3. The summed E-state index contributed by atoms with van der Waals surface area (Å²) in [5, 5.41) is 3.35. The average Bonchev–Trinajstić information content (AvgIpc) is 2.81. The molecular weight excluding hydrogens is 384 g/mol. The van der Waals surface area contributed by atoms with Crippen molar-refractivity contribution in [3.8, 4) is 11.3 Å². The van der Waals surface area contributed by atoms with Crippen molar-refractivity contribution in [3.05, 3.63) is 66.2 Å². The summed E-state index contributed by atoms with van der Waals surface area (Å²) in [5.41, 5.74) is 4.44. The fraction of sp³-hybridized carbons (Fsp3) is 0.400. The number of pyridine rings is 1. The number of nitrogens with one attached hydrogen (secondary N) is 1. The van der Waals surface area contributed by atoms with Gasteiger partial charge in [0, 0.05) is 62.8 Å². The molecule has 0 saturated carbocycles. The van der Waals surface area contributed by atoms with E-state index in [1.165, 1.54) is 17.7 Å². The fourth-order valence-corrected chi connectivity index (χ4v) is 3.76. The van der Waals surface area contributed by atoms with E-state index in [9.17, 15) is 0 Å². The van der Waals surface area contributed by atoms with Gasteiger partial charge in [0.2, 0.25) is 0 Å². The van der Waals surface area contributed by atoms with Crippen LogP contribution in [-0.2, 0) is 6.42 Å². The van der Waals surface area contributed by atoms with Crippen molar-refractivity contribution in [3.63, 3.8) is 0 Å². The molecule has 1 fully saturated rings. The van der Waals surface area contributed by atoms with Crippen molar-refractivity contribution < 1.29 is 0 Å². The predicted molar refractivity (Wildman–Crippen MR) is 128 cm³/mol. The molecule has 1 N–H and O–H groups in total. The van der Waals surface area contributed by atoms with Gasteiger partial charge in [-0.2, -0.15) is 0 Å². The lowest BCUT2D eigenvalue weighted by atomic mass is 10.1. The first-order chi connectivity index (χ1) is 15.2. The Bertz CT molecular complexity index is 947. The zero-order valence-electron chi connectivity index (χ0n) is 18.6. The van der Waals surface area contributed by atoms with Crippen LogP contribution in [0.15, 0.2) is 54.9 Å². The summed E-state index contributed by atoms with van der Waals surface area (Å²) < 4.78 is 0. The molecule has 6 nitrogen and oxygen atoms in total. The third-order valence-corrected chi connectivity index (χ3v) is 5.77. The minimum absolute atomic E-state index is 0.723. The molecule has 6 heteroatoms. The molecular formula is C25H32N6. The Hall–Kier alpha value is -2.99. The zero-order valence-corrected chi connectivity index (χ0v) is 18.6. The van der Waals surface area contributed by atoms with Crippen LogP contribution in [0.1, 0.15) is 31.2 Å². The van der Waals surface area contributed by atoms with Gasteiger partial charge in [-0.3, -0.25) is 0 Å². The number of hydrogen-bond donors (Lipinski definition) is 1. The second kappa shape index (κ2) is 10.4. The second-order valence-corrected chi connectivity index (χ2v) is 8.20. The van der Waals surface area contributed by atoms with E-state index in [1.807, 2.05) is 24.5 Å². The van der Waals surface area contributed by atoms with Gasteiger partial charge in [0.05, 0.1) is 5.69 Å². The molecule has 1 aliphatic heterocycles. The number of piperazine rings is 1. The van der Waals surface area contributed by atoms with Crippen LogP contribution in [0, 0.1) is 0 Å². The van der Waals surface area contributed by atoms with Crippen LogP contribution in [0.2, 0.25) is 0 Å². The average molecular weight is 417 g/mol. The van der Waals surface area contributed by atoms with Crippen molar-refractivity contribution in [1.82, 2.24) is 19.9 Å². The number of anilines is 2. The van der Waals surface area contributed by atoms with E-state index in [1.54, 1.807) is 0 Å². The number of aromatic nitrogens is 3. The molecule has 0 bridgehead atoms. The van der Waals surface area contributed by atoms with E-state index in [0.717, 1.165) is 68.5 Å². The Morgan fingerprint density at radius 1 is 0.935 bits per heavy atom. The molecule has 3 heterocycles. The van der Waals surface area contributed by atoms with Gasteiger partial charge in [-0.1, -0.05) is 25.5 Å². The smallest absolute Gasteiger partial charge is 0.133 e. The number of likely N-dealkylation sites (N-methyl/N-ethyl adjacent to an activating group) is 1. The minimum atomic E-state index is 0.723. The molecule has 0 spiro atoms. The molecule has 3 aromatic rings. The molecule has 1 aliphatic rings. The first kappa shape index (κ1) is 21.2. The van der Waals surface area contributed by atoms with E-state index in [-0.39, 0.29) is 0 Å². The summed E-state index contributed by atoms with van der Waals surface area (Å²) in [5.74, 6) is 1.74. The van der Waals surface area contributed by atoms with Crippen molar-refractivity contribution in [2.75, 3.05) is 50.0 Å². The van der Waals surface area contributed by atoms with E-state index < -0.39 is 0 Å². The Labute approximate surface area is 185 Å². The highest BCUT2D eigenvalue weighted by Crippen LogP contribution is 2.20. The normalized spacial score (nSPS) is 14.6. The van der Waals surface area contributed by atoms with Crippen LogP contribution in [0.25, 0.3) is 11.3 Å². The van der Waals surface area contributed by atoms with Gasteiger partial charge in [0.15, 0.2) is 0 Å². The standard InChI is InChI=1S/C25H32N6/c1-3-4-12-26-24-10-7-21(19-28-24)23-11-13-27-25(29-23)18-20-5-8-22(9-6-20)31-16-14-30(2)15-17-31/h5-11,13,19H,3-4,12,14-18H2,1-2H3,(H,26,28). The van der Waals surface area contributed by atoms with Gasteiger partial charge in [-0.05, 0) is 49.4 Å².